The summed E-state index contributed by atoms with van der Waals surface area (Å²) in [7, 11) is 2.93. The molecule has 0 spiro atoms. The first-order chi connectivity index (χ1) is 21.4. The van der Waals surface area contributed by atoms with E-state index in [1.807, 2.05) is 49.4 Å². The average Bonchev–Trinajstić information content (AvgIpc) is 3.40. The first-order valence-corrected chi connectivity index (χ1v) is 16.1. The number of anilines is 2. The van der Waals surface area contributed by atoms with Crippen LogP contribution >= 0.6 is 23.1 Å². The number of carbonyl (C=O) groups is 3. The predicted octanol–water partition coefficient (Wildman–Crippen LogP) is 6.86. The highest BCUT2D eigenvalue weighted by Gasteiger charge is 2.30. The van der Waals surface area contributed by atoms with Crippen LogP contribution in [0.5, 0.6) is 5.75 Å². The molecule has 228 valence electrons. The van der Waals surface area contributed by atoms with Crippen LogP contribution in [0.2, 0.25) is 0 Å². The maximum atomic E-state index is 13.6. The minimum atomic E-state index is -0.436. The third kappa shape index (κ3) is 7.50. The summed E-state index contributed by atoms with van der Waals surface area (Å²) >= 11 is 2.86. The van der Waals surface area contributed by atoms with Crippen molar-refractivity contribution in [1.82, 2.24) is 4.90 Å². The van der Waals surface area contributed by atoms with Crippen molar-refractivity contribution in [1.29, 1.82) is 0 Å². The topological polar surface area (TPSA) is 97.0 Å². The molecule has 4 aromatic rings. The van der Waals surface area contributed by atoms with Gasteiger partial charge in [-0.3, -0.25) is 14.5 Å². The SMILES string of the molecule is CCC(Sc1cccc(NC(=O)c2cccc(OC)c2)c1)C(=O)Nc1sc2c(c1C(=O)OC)CCN(Cc1ccccc1)C2. The molecular formula is C34H35N3O5S2. The van der Waals surface area contributed by atoms with Gasteiger partial charge in [-0.15, -0.1) is 23.1 Å². The molecule has 2 heterocycles. The maximum absolute atomic E-state index is 13.6. The highest BCUT2D eigenvalue weighted by molar-refractivity contribution is 8.00. The second kappa shape index (κ2) is 14.6. The lowest BCUT2D eigenvalue weighted by Gasteiger charge is -2.27. The number of thioether (sulfide) groups is 1. The molecule has 10 heteroatoms. The molecule has 44 heavy (non-hydrogen) atoms. The highest BCUT2D eigenvalue weighted by atomic mass is 32.2. The first kappa shape index (κ1) is 31.3. The van der Waals surface area contributed by atoms with Crippen LogP contribution in [-0.2, 0) is 29.0 Å². The van der Waals surface area contributed by atoms with Crippen molar-refractivity contribution in [2.45, 2.75) is 43.0 Å². The second-order valence-electron chi connectivity index (χ2n) is 10.4. The van der Waals surface area contributed by atoms with Crippen LogP contribution in [0.15, 0.2) is 83.8 Å². The molecule has 8 nitrogen and oxygen atoms in total. The molecule has 2 N–H and O–H groups in total. The van der Waals surface area contributed by atoms with E-state index >= 15 is 0 Å². The number of thiophene rings is 1. The summed E-state index contributed by atoms with van der Waals surface area (Å²) in [5.41, 5.74) is 3.76. The van der Waals surface area contributed by atoms with Gasteiger partial charge in [-0.05, 0) is 60.4 Å². The molecule has 0 bridgehead atoms. The van der Waals surface area contributed by atoms with Gasteiger partial charge in [0.2, 0.25) is 5.91 Å². The number of methoxy groups -OCH3 is 2. The van der Waals surface area contributed by atoms with Crippen LogP contribution in [0.25, 0.3) is 0 Å². The molecule has 1 aliphatic heterocycles. The van der Waals surface area contributed by atoms with E-state index in [4.69, 9.17) is 9.47 Å². The molecule has 0 fully saturated rings. The summed E-state index contributed by atoms with van der Waals surface area (Å²) in [4.78, 5) is 43.5. The maximum Gasteiger partial charge on any atom is 0.341 e. The van der Waals surface area contributed by atoms with Crippen molar-refractivity contribution in [2.24, 2.45) is 0 Å². The third-order valence-corrected chi connectivity index (χ3v) is 9.87. The Morgan fingerprint density at radius 1 is 0.977 bits per heavy atom. The molecule has 1 aromatic heterocycles. The van der Waals surface area contributed by atoms with Crippen LogP contribution in [-0.4, -0.2) is 48.7 Å². The number of nitrogens with one attached hydrogen (secondary N) is 2. The summed E-state index contributed by atoms with van der Waals surface area (Å²) in [5.74, 6) is -0.275. The van der Waals surface area contributed by atoms with Crippen molar-refractivity contribution in [3.63, 3.8) is 0 Å². The fourth-order valence-corrected chi connectivity index (χ4v) is 7.43. The Bertz CT molecular complexity index is 1640. The van der Waals surface area contributed by atoms with Crippen molar-refractivity contribution in [3.05, 3.63) is 106 Å². The summed E-state index contributed by atoms with van der Waals surface area (Å²) in [6.45, 7) is 4.29. The Balaban J connectivity index is 1.28. The van der Waals surface area contributed by atoms with Crippen molar-refractivity contribution < 1.29 is 23.9 Å². The number of rotatable bonds is 11. The number of hydrogen-bond donors (Lipinski definition) is 2. The lowest BCUT2D eigenvalue weighted by atomic mass is 10.0. The van der Waals surface area contributed by atoms with E-state index in [0.717, 1.165) is 28.4 Å². The fourth-order valence-electron chi connectivity index (χ4n) is 5.13. The molecule has 1 atom stereocenters. The van der Waals surface area contributed by atoms with E-state index in [1.165, 1.54) is 35.8 Å². The van der Waals surface area contributed by atoms with Gasteiger partial charge in [0.1, 0.15) is 10.8 Å². The molecule has 0 aliphatic carbocycles. The van der Waals surface area contributed by atoms with E-state index in [-0.39, 0.29) is 11.8 Å². The van der Waals surface area contributed by atoms with Crippen LogP contribution in [0, 0.1) is 0 Å². The second-order valence-corrected chi connectivity index (χ2v) is 12.7. The molecule has 0 saturated heterocycles. The summed E-state index contributed by atoms with van der Waals surface area (Å²) < 4.78 is 10.4. The zero-order valence-electron chi connectivity index (χ0n) is 24.9. The molecule has 2 amide bonds. The number of carbonyl (C=O) groups excluding carboxylic acids is 3. The van der Waals surface area contributed by atoms with Crippen LogP contribution in [0.1, 0.15) is 50.1 Å². The Kier molecular flexibility index (Phi) is 10.4. The monoisotopic (exact) mass is 629 g/mol. The number of fused-ring (bicyclic) bond motifs is 1. The van der Waals surface area contributed by atoms with Crippen molar-refractivity contribution in [2.75, 3.05) is 31.4 Å². The van der Waals surface area contributed by atoms with Crippen LogP contribution < -0.4 is 15.4 Å². The molecule has 0 saturated carbocycles. The lowest BCUT2D eigenvalue weighted by molar-refractivity contribution is -0.115. The quantitative estimate of drug-likeness (QED) is 0.138. The van der Waals surface area contributed by atoms with E-state index in [9.17, 15) is 14.4 Å². The Morgan fingerprint density at radius 3 is 2.52 bits per heavy atom. The third-order valence-electron chi connectivity index (χ3n) is 7.38. The molecule has 0 radical (unpaired) electrons. The van der Waals surface area contributed by atoms with Gasteiger partial charge in [-0.1, -0.05) is 49.4 Å². The molecule has 1 aliphatic rings. The minimum absolute atomic E-state index is 0.187. The van der Waals surface area contributed by atoms with E-state index in [1.54, 1.807) is 31.4 Å². The van der Waals surface area contributed by atoms with Gasteiger partial charge in [0, 0.05) is 40.7 Å². The Labute approximate surface area is 265 Å². The Hall–Kier alpha value is -4.12. The largest absolute Gasteiger partial charge is 0.497 e. The van der Waals surface area contributed by atoms with Gasteiger partial charge < -0.3 is 20.1 Å². The number of hydrogen-bond acceptors (Lipinski definition) is 8. The number of nitrogens with zero attached hydrogens (tertiary/aromatic N) is 1. The predicted molar refractivity (Wildman–Crippen MR) is 176 cm³/mol. The number of benzene rings is 3. The Morgan fingerprint density at radius 2 is 1.77 bits per heavy atom. The van der Waals surface area contributed by atoms with Gasteiger partial charge >= 0.3 is 5.97 Å². The van der Waals surface area contributed by atoms with E-state index in [2.05, 4.69) is 27.7 Å². The normalized spacial score (nSPS) is 13.4. The van der Waals surface area contributed by atoms with Crippen molar-refractivity contribution in [3.8, 4) is 5.75 Å². The smallest absolute Gasteiger partial charge is 0.341 e. The van der Waals surface area contributed by atoms with Crippen LogP contribution in [0.4, 0.5) is 10.7 Å². The van der Waals surface area contributed by atoms with Gasteiger partial charge in [-0.2, -0.15) is 0 Å². The average molecular weight is 630 g/mol. The standard InChI is InChI=1S/C34H35N3O5S2/c1-4-28(43-26-15-9-13-24(19-26)35-31(38)23-12-8-14-25(18-23)41-2)32(39)36-33-30(34(40)42-3)27-16-17-37(21-29(27)44-33)20-22-10-6-5-7-11-22/h5-15,18-19,28H,4,16-17,20-21H2,1-3H3,(H,35,38)(H,36,39). The number of amides is 2. The lowest BCUT2D eigenvalue weighted by Crippen LogP contribution is -2.30. The molecule has 3 aromatic carbocycles. The molecule has 5 rings (SSSR count). The van der Waals surface area contributed by atoms with Gasteiger partial charge in [0.15, 0.2) is 0 Å². The molecule has 1 unspecified atom stereocenters. The molecular weight excluding hydrogens is 595 g/mol. The van der Waals surface area contributed by atoms with E-state index in [0.29, 0.717) is 47.0 Å². The van der Waals surface area contributed by atoms with Crippen molar-refractivity contribution >= 4 is 51.6 Å². The summed E-state index contributed by atoms with van der Waals surface area (Å²) in [6, 6.07) is 24.7. The number of esters is 1. The fraction of sp³-hybridized carbons (Fsp3) is 0.265. The minimum Gasteiger partial charge on any atom is -0.497 e. The zero-order valence-corrected chi connectivity index (χ0v) is 26.6. The van der Waals surface area contributed by atoms with Gasteiger partial charge in [0.05, 0.1) is 25.0 Å². The van der Waals surface area contributed by atoms with Crippen LogP contribution in [0.3, 0.4) is 0 Å². The van der Waals surface area contributed by atoms with Gasteiger partial charge in [0.25, 0.3) is 5.91 Å². The van der Waals surface area contributed by atoms with E-state index < -0.39 is 11.2 Å². The number of ether oxygens (including phenoxy) is 2. The summed E-state index contributed by atoms with van der Waals surface area (Å²) in [5, 5.41) is 6.09. The zero-order chi connectivity index (χ0) is 31.1. The highest BCUT2D eigenvalue weighted by Crippen LogP contribution is 2.39. The first-order valence-electron chi connectivity index (χ1n) is 14.4. The van der Waals surface area contributed by atoms with Gasteiger partial charge in [-0.25, -0.2) is 4.79 Å². The summed E-state index contributed by atoms with van der Waals surface area (Å²) in [6.07, 6.45) is 1.28.